The number of halogens is 1. The van der Waals surface area contributed by atoms with Crippen molar-refractivity contribution in [2.45, 2.75) is 26.8 Å². The zero-order valence-electron chi connectivity index (χ0n) is 19.4. The number of Topliss-reactive ketones (excluding diaryl/α,β-unsaturated/α-hetero) is 1. The topological polar surface area (TPSA) is 103 Å². The average Bonchev–Trinajstić information content (AvgIpc) is 3.19. The second kappa shape index (κ2) is 9.80. The number of hydrogen-bond donors (Lipinski definition) is 2. The maximum absolute atomic E-state index is 13.2. The summed E-state index contributed by atoms with van der Waals surface area (Å²) in [6, 6.07) is 6.05. The molecule has 2 aromatic rings. The number of H-pyrrole nitrogens is 1. The third-order valence-corrected chi connectivity index (χ3v) is 5.88. The molecule has 0 aliphatic carbocycles. The Hall–Kier alpha value is -3.10. The van der Waals surface area contributed by atoms with E-state index in [0.29, 0.717) is 34.0 Å². The lowest BCUT2D eigenvalue weighted by atomic mass is 9.94. The highest BCUT2D eigenvalue weighted by Crippen LogP contribution is 2.41. The van der Waals surface area contributed by atoms with Crippen molar-refractivity contribution in [3.05, 3.63) is 62.9 Å². The third kappa shape index (κ3) is 4.67. The zero-order valence-corrected chi connectivity index (χ0v) is 20.1. The molecule has 1 aliphatic heterocycles. The van der Waals surface area contributed by atoms with Gasteiger partial charge in [-0.15, -0.1) is 0 Å². The first-order valence-corrected chi connectivity index (χ1v) is 11.0. The van der Waals surface area contributed by atoms with Crippen molar-refractivity contribution >= 4 is 35.0 Å². The van der Waals surface area contributed by atoms with E-state index in [4.69, 9.17) is 16.3 Å². The summed E-state index contributed by atoms with van der Waals surface area (Å²) in [5.74, 6) is -2.38. The van der Waals surface area contributed by atoms with Gasteiger partial charge < -0.3 is 24.6 Å². The van der Waals surface area contributed by atoms with Gasteiger partial charge in [-0.3, -0.25) is 9.59 Å². The van der Waals surface area contributed by atoms with E-state index in [1.54, 1.807) is 45.0 Å². The smallest absolute Gasteiger partial charge is 0.355 e. The van der Waals surface area contributed by atoms with Crippen molar-refractivity contribution in [3.63, 3.8) is 0 Å². The van der Waals surface area contributed by atoms with Gasteiger partial charge in [-0.1, -0.05) is 23.7 Å². The van der Waals surface area contributed by atoms with Crippen molar-refractivity contribution in [2.24, 2.45) is 0 Å². The Morgan fingerprint density at radius 1 is 1.27 bits per heavy atom. The Bertz CT molecular complexity index is 1140. The summed E-state index contributed by atoms with van der Waals surface area (Å²) in [5.41, 5.74) is 1.98. The molecule has 1 amide bonds. The van der Waals surface area contributed by atoms with E-state index in [0.717, 1.165) is 0 Å². The molecule has 0 bridgehead atoms. The van der Waals surface area contributed by atoms with Crippen LogP contribution in [0.4, 0.5) is 0 Å². The van der Waals surface area contributed by atoms with Gasteiger partial charge >= 0.3 is 5.97 Å². The Labute approximate surface area is 197 Å². The summed E-state index contributed by atoms with van der Waals surface area (Å²) in [6.45, 7) is 6.04. The van der Waals surface area contributed by atoms with Crippen molar-refractivity contribution in [1.29, 1.82) is 0 Å². The summed E-state index contributed by atoms with van der Waals surface area (Å²) < 4.78 is 5.08. The maximum Gasteiger partial charge on any atom is 0.355 e. The van der Waals surface area contributed by atoms with E-state index in [1.807, 2.05) is 19.0 Å². The predicted molar refractivity (Wildman–Crippen MR) is 125 cm³/mol. The number of hydrogen-bond acceptors (Lipinski definition) is 6. The van der Waals surface area contributed by atoms with Crippen LogP contribution in [0.25, 0.3) is 5.76 Å². The highest BCUT2D eigenvalue weighted by molar-refractivity contribution is 6.46. The molecule has 1 fully saturated rings. The third-order valence-electron chi connectivity index (χ3n) is 5.65. The number of aliphatic hydroxyl groups excluding tert-OH is 1. The minimum Gasteiger partial charge on any atom is -0.507 e. The molecule has 3 rings (SSSR count). The number of aromatic nitrogens is 1. The van der Waals surface area contributed by atoms with Gasteiger partial charge in [-0.2, -0.15) is 0 Å². The molecule has 0 radical (unpaired) electrons. The lowest BCUT2D eigenvalue weighted by molar-refractivity contribution is -0.140. The standard InChI is InChI=1S/C24H28ClN3O5/c1-6-33-24(32)19-13(2)17(14(3)26-19)21(29)18-20(15-8-7-9-16(25)12-15)28(11-10-27(4)5)23(31)22(18)30/h7-9,12,20,26,29H,6,10-11H2,1-5H3/b21-18+/t20-/m0/s1. The lowest BCUT2D eigenvalue weighted by Gasteiger charge is -2.26. The van der Waals surface area contributed by atoms with Gasteiger partial charge in [0.2, 0.25) is 0 Å². The average molecular weight is 474 g/mol. The van der Waals surface area contributed by atoms with E-state index >= 15 is 0 Å². The number of likely N-dealkylation sites (tertiary alicyclic amines) is 1. The molecule has 0 saturated carbocycles. The van der Waals surface area contributed by atoms with Crippen LogP contribution in [0.15, 0.2) is 29.8 Å². The summed E-state index contributed by atoms with van der Waals surface area (Å²) in [4.78, 5) is 44.8. The number of aryl methyl sites for hydroxylation is 1. The number of nitrogens with one attached hydrogen (secondary N) is 1. The molecular formula is C24H28ClN3O5. The van der Waals surface area contributed by atoms with Crippen LogP contribution in [-0.4, -0.2) is 71.3 Å². The second-order valence-corrected chi connectivity index (χ2v) is 8.63. The number of carbonyl (C=O) groups excluding carboxylic acids is 3. The van der Waals surface area contributed by atoms with Crippen LogP contribution in [0, 0.1) is 13.8 Å². The number of aromatic amines is 1. The summed E-state index contributed by atoms with van der Waals surface area (Å²) >= 11 is 6.20. The van der Waals surface area contributed by atoms with Crippen LogP contribution in [0.2, 0.25) is 5.02 Å². The summed E-state index contributed by atoms with van der Waals surface area (Å²) in [6.07, 6.45) is 0. The van der Waals surface area contributed by atoms with Gasteiger partial charge in [0.25, 0.3) is 11.7 Å². The van der Waals surface area contributed by atoms with Crippen molar-refractivity contribution in [2.75, 3.05) is 33.8 Å². The van der Waals surface area contributed by atoms with E-state index in [1.165, 1.54) is 4.90 Å². The van der Waals surface area contributed by atoms with E-state index in [9.17, 15) is 19.5 Å². The van der Waals surface area contributed by atoms with Crippen LogP contribution in [0.1, 0.15) is 45.8 Å². The van der Waals surface area contributed by atoms with E-state index < -0.39 is 23.7 Å². The first kappa shape index (κ1) is 24.5. The fourth-order valence-corrected chi connectivity index (χ4v) is 4.29. The number of esters is 1. The van der Waals surface area contributed by atoms with Crippen LogP contribution < -0.4 is 0 Å². The highest BCUT2D eigenvalue weighted by Gasteiger charge is 2.46. The van der Waals surface area contributed by atoms with Crippen molar-refractivity contribution in [3.8, 4) is 0 Å². The molecular weight excluding hydrogens is 446 g/mol. The summed E-state index contributed by atoms with van der Waals surface area (Å²) in [5, 5.41) is 11.8. The Morgan fingerprint density at radius 2 is 1.97 bits per heavy atom. The first-order chi connectivity index (χ1) is 15.6. The number of aliphatic hydroxyl groups is 1. The van der Waals surface area contributed by atoms with Gasteiger partial charge in [0.1, 0.15) is 11.5 Å². The van der Waals surface area contributed by atoms with Crippen LogP contribution in [0.3, 0.4) is 0 Å². The SMILES string of the molecule is CCOC(=O)c1[nH]c(C)c(/C(O)=C2\C(=O)C(=O)N(CCN(C)C)[C@H]2c2cccc(Cl)c2)c1C. The monoisotopic (exact) mass is 473 g/mol. The largest absolute Gasteiger partial charge is 0.507 e. The molecule has 1 aromatic heterocycles. The number of ether oxygens (including phenoxy) is 1. The van der Waals surface area contributed by atoms with Crippen LogP contribution in [0.5, 0.6) is 0 Å². The molecule has 33 heavy (non-hydrogen) atoms. The minimum absolute atomic E-state index is 0.0402. The van der Waals surface area contributed by atoms with E-state index in [-0.39, 0.29) is 30.2 Å². The molecule has 9 heteroatoms. The Morgan fingerprint density at radius 3 is 2.58 bits per heavy atom. The van der Waals surface area contributed by atoms with Gasteiger partial charge in [-0.25, -0.2) is 4.79 Å². The first-order valence-electron chi connectivity index (χ1n) is 10.6. The van der Waals surface area contributed by atoms with Gasteiger partial charge in [0, 0.05) is 29.4 Å². The summed E-state index contributed by atoms with van der Waals surface area (Å²) in [7, 11) is 3.74. The minimum atomic E-state index is -0.816. The number of benzene rings is 1. The van der Waals surface area contributed by atoms with Gasteiger partial charge in [0.05, 0.1) is 18.2 Å². The Balaban J connectivity index is 2.20. The molecule has 0 spiro atoms. The number of nitrogens with zero attached hydrogens (tertiary/aromatic N) is 2. The number of likely N-dealkylation sites (N-methyl/N-ethyl adjacent to an activating group) is 1. The maximum atomic E-state index is 13.2. The lowest BCUT2D eigenvalue weighted by Crippen LogP contribution is -2.35. The molecule has 2 N–H and O–H groups in total. The predicted octanol–water partition coefficient (Wildman–Crippen LogP) is 3.44. The van der Waals surface area contributed by atoms with E-state index in [2.05, 4.69) is 4.98 Å². The fraction of sp³-hybridized carbons (Fsp3) is 0.375. The molecule has 176 valence electrons. The van der Waals surface area contributed by atoms with Crippen molar-refractivity contribution in [1.82, 2.24) is 14.8 Å². The van der Waals surface area contributed by atoms with Crippen LogP contribution in [-0.2, 0) is 14.3 Å². The normalized spacial score (nSPS) is 17.8. The zero-order chi connectivity index (χ0) is 24.4. The quantitative estimate of drug-likeness (QED) is 0.276. The molecule has 1 aliphatic rings. The number of rotatable bonds is 7. The molecule has 2 heterocycles. The number of ketones is 1. The van der Waals surface area contributed by atoms with Crippen LogP contribution >= 0.6 is 11.6 Å². The number of amides is 1. The molecule has 8 nitrogen and oxygen atoms in total. The van der Waals surface area contributed by atoms with Gasteiger partial charge in [-0.05, 0) is 58.1 Å². The molecule has 0 unspecified atom stereocenters. The fourth-order valence-electron chi connectivity index (χ4n) is 4.09. The molecule has 1 aromatic carbocycles. The number of carbonyl (C=O) groups is 3. The molecule has 1 atom stereocenters. The van der Waals surface area contributed by atoms with Gasteiger partial charge in [0.15, 0.2) is 0 Å². The second-order valence-electron chi connectivity index (χ2n) is 8.20. The highest BCUT2D eigenvalue weighted by atomic mass is 35.5. The van der Waals surface area contributed by atoms with Crippen molar-refractivity contribution < 1.29 is 24.2 Å². The molecule has 1 saturated heterocycles. The Kier molecular flexibility index (Phi) is 7.29.